The molecule has 0 saturated carbocycles. The van der Waals surface area contributed by atoms with Crippen molar-refractivity contribution in [1.29, 1.82) is 0 Å². The molecule has 1 nitrogen and oxygen atoms in total. The molecule has 0 heterocycles. The molecule has 0 fully saturated rings. The van der Waals surface area contributed by atoms with E-state index in [1.165, 1.54) is 77.2 Å². The van der Waals surface area contributed by atoms with E-state index in [1.54, 1.807) is 0 Å². The van der Waals surface area contributed by atoms with Crippen molar-refractivity contribution in [2.24, 2.45) is 0 Å². The van der Waals surface area contributed by atoms with Crippen molar-refractivity contribution in [3.05, 3.63) is 0 Å². The molecule has 0 saturated heterocycles. The molecule has 0 atom stereocenters. The maximum Gasteiger partial charge on any atom is 0.0753 e. The van der Waals surface area contributed by atoms with E-state index in [-0.39, 0.29) is 4.70 Å². The molecule has 100 valence electrons. The molecule has 0 aromatic carbocycles. The Balaban J connectivity index is 0. The Labute approximate surface area is 102 Å². The van der Waals surface area contributed by atoms with Crippen LogP contribution in [-0.2, 0) is 0 Å². The summed E-state index contributed by atoms with van der Waals surface area (Å²) in [4.78, 5) is 0. The van der Waals surface area contributed by atoms with E-state index >= 15 is 0 Å². The smallest absolute Gasteiger partial charge is 0.0753 e. The van der Waals surface area contributed by atoms with Crippen molar-refractivity contribution in [1.82, 2.24) is 0 Å². The van der Waals surface area contributed by atoms with Crippen LogP contribution in [0.25, 0.3) is 0 Å². The van der Waals surface area contributed by atoms with Gasteiger partial charge in [0, 0.05) is 0 Å². The van der Waals surface area contributed by atoms with Crippen LogP contribution in [0.5, 0.6) is 0 Å². The zero-order chi connectivity index (χ0) is 11.2. The lowest BCUT2D eigenvalue weighted by atomic mass is 10.1. The predicted octanol–water partition coefficient (Wildman–Crippen LogP) is 0.495. The molecule has 16 heavy (non-hydrogen) atoms. The summed E-state index contributed by atoms with van der Waals surface area (Å²) in [6, 6.07) is 0. The molecule has 0 bridgehead atoms. The second-order valence-electron chi connectivity index (χ2n) is 4.73. The maximum absolute atomic E-state index is 2.29. The van der Waals surface area contributed by atoms with Gasteiger partial charge in [0.25, 0.3) is 0 Å². The fraction of sp³-hybridized carbons (Fsp3) is 1.00. The first-order chi connectivity index (χ1) is 7.41. The SMILES string of the molecule is CCCCCCCCCCCCC[NH2+]C.[F-]. The van der Waals surface area contributed by atoms with E-state index < -0.39 is 0 Å². The minimum Gasteiger partial charge on any atom is -1.00 e. The van der Waals surface area contributed by atoms with E-state index in [2.05, 4.69) is 19.3 Å². The van der Waals surface area contributed by atoms with Crippen LogP contribution in [-0.4, -0.2) is 13.6 Å². The van der Waals surface area contributed by atoms with Crippen LogP contribution >= 0.6 is 0 Å². The molecule has 0 rings (SSSR count). The third kappa shape index (κ3) is 16.3. The Morgan fingerprint density at radius 3 is 1.38 bits per heavy atom. The molecule has 0 aliphatic carbocycles. The summed E-state index contributed by atoms with van der Waals surface area (Å²) < 4.78 is 0. The largest absolute Gasteiger partial charge is 1.00 e. The molecule has 0 aromatic heterocycles. The first kappa shape index (κ1) is 18.3. The van der Waals surface area contributed by atoms with Gasteiger partial charge in [-0.2, -0.15) is 0 Å². The molecule has 0 amide bonds. The van der Waals surface area contributed by atoms with Gasteiger partial charge in [-0.05, 0) is 12.8 Å². The Morgan fingerprint density at radius 1 is 0.625 bits per heavy atom. The standard InChI is InChI=1S/C14H31N.FH/c1-3-4-5-6-7-8-9-10-11-12-13-14-15-2;/h15H,3-14H2,1-2H3;1H. The number of unbranched alkanes of at least 4 members (excludes halogenated alkanes) is 10. The topological polar surface area (TPSA) is 16.6 Å². The lowest BCUT2D eigenvalue weighted by molar-refractivity contribution is -0.627. The molecule has 0 aliphatic heterocycles. The van der Waals surface area contributed by atoms with E-state index in [9.17, 15) is 0 Å². The summed E-state index contributed by atoms with van der Waals surface area (Å²) in [6.45, 7) is 3.60. The first-order valence-electron chi connectivity index (χ1n) is 7.19. The van der Waals surface area contributed by atoms with Crippen molar-refractivity contribution in [3.8, 4) is 0 Å². The number of halogens is 1. The molecule has 0 unspecified atom stereocenters. The summed E-state index contributed by atoms with van der Waals surface area (Å²) in [6.07, 6.45) is 15.9. The van der Waals surface area contributed by atoms with Gasteiger partial charge in [0.1, 0.15) is 0 Å². The highest BCUT2D eigenvalue weighted by atomic mass is 19.0. The van der Waals surface area contributed by atoms with Gasteiger partial charge in [0.05, 0.1) is 13.6 Å². The van der Waals surface area contributed by atoms with Gasteiger partial charge in [0.15, 0.2) is 0 Å². The second-order valence-corrected chi connectivity index (χ2v) is 4.73. The van der Waals surface area contributed by atoms with Crippen LogP contribution in [0.3, 0.4) is 0 Å². The van der Waals surface area contributed by atoms with E-state index in [1.807, 2.05) is 0 Å². The Morgan fingerprint density at radius 2 is 1.00 bits per heavy atom. The average molecular weight is 233 g/mol. The van der Waals surface area contributed by atoms with Gasteiger partial charge in [-0.25, -0.2) is 0 Å². The lowest BCUT2D eigenvalue weighted by Gasteiger charge is -2.01. The highest BCUT2D eigenvalue weighted by Gasteiger charge is 1.92. The minimum absolute atomic E-state index is 0. The van der Waals surface area contributed by atoms with Crippen LogP contribution in [0.2, 0.25) is 0 Å². The van der Waals surface area contributed by atoms with Crippen LogP contribution in [0.4, 0.5) is 0 Å². The number of quaternary nitrogens is 1. The van der Waals surface area contributed by atoms with Crippen molar-refractivity contribution in [2.45, 2.75) is 77.6 Å². The number of rotatable bonds is 12. The molecule has 0 spiro atoms. The molecule has 0 aromatic rings. The zero-order valence-corrected chi connectivity index (χ0v) is 11.4. The monoisotopic (exact) mass is 233 g/mol. The van der Waals surface area contributed by atoms with Crippen LogP contribution in [0.1, 0.15) is 77.6 Å². The molecule has 2 N–H and O–H groups in total. The van der Waals surface area contributed by atoms with Gasteiger partial charge in [-0.15, -0.1) is 0 Å². The van der Waals surface area contributed by atoms with Gasteiger partial charge >= 0.3 is 0 Å². The summed E-state index contributed by atoms with van der Waals surface area (Å²) in [5, 5.41) is 2.29. The summed E-state index contributed by atoms with van der Waals surface area (Å²) in [5.74, 6) is 0. The molecule has 2 heteroatoms. The third-order valence-corrected chi connectivity index (χ3v) is 3.10. The Kier molecular flexibility index (Phi) is 19.7. The third-order valence-electron chi connectivity index (χ3n) is 3.10. The van der Waals surface area contributed by atoms with Crippen LogP contribution in [0.15, 0.2) is 0 Å². The number of nitrogens with two attached hydrogens (primary N) is 1. The highest BCUT2D eigenvalue weighted by molar-refractivity contribution is 4.47. The van der Waals surface area contributed by atoms with Crippen molar-refractivity contribution < 1.29 is 10.0 Å². The van der Waals surface area contributed by atoms with Crippen molar-refractivity contribution >= 4 is 0 Å². The van der Waals surface area contributed by atoms with Crippen LogP contribution in [0, 0.1) is 0 Å². The lowest BCUT2D eigenvalue weighted by Crippen LogP contribution is -3.00. The second kappa shape index (κ2) is 17.3. The van der Waals surface area contributed by atoms with Gasteiger partial charge in [0.2, 0.25) is 0 Å². The van der Waals surface area contributed by atoms with Crippen LogP contribution < -0.4 is 10.0 Å². The fourth-order valence-corrected chi connectivity index (χ4v) is 2.01. The van der Waals surface area contributed by atoms with Crippen molar-refractivity contribution in [2.75, 3.05) is 13.6 Å². The minimum atomic E-state index is 0. The van der Waals surface area contributed by atoms with Gasteiger partial charge in [-0.3, -0.25) is 0 Å². The molecule has 0 radical (unpaired) electrons. The number of hydrogen-bond acceptors (Lipinski definition) is 0. The highest BCUT2D eigenvalue weighted by Crippen LogP contribution is 2.10. The Bertz CT molecular complexity index is 94.9. The summed E-state index contributed by atoms with van der Waals surface area (Å²) >= 11 is 0. The van der Waals surface area contributed by atoms with Gasteiger partial charge in [-0.1, -0.05) is 64.7 Å². The van der Waals surface area contributed by atoms with E-state index in [0.717, 1.165) is 0 Å². The predicted molar refractivity (Wildman–Crippen MR) is 69.2 cm³/mol. The molecular formula is C14H32FN. The number of hydrogen-bond donors (Lipinski definition) is 1. The summed E-state index contributed by atoms with van der Waals surface area (Å²) in [7, 11) is 2.16. The average Bonchev–Trinajstić information content (AvgIpc) is 2.26. The quantitative estimate of drug-likeness (QED) is 0.473. The normalized spacial score (nSPS) is 10.1. The van der Waals surface area contributed by atoms with E-state index in [4.69, 9.17) is 0 Å². The zero-order valence-electron chi connectivity index (χ0n) is 11.4. The van der Waals surface area contributed by atoms with Crippen molar-refractivity contribution in [3.63, 3.8) is 0 Å². The maximum atomic E-state index is 2.29. The van der Waals surface area contributed by atoms with E-state index in [0.29, 0.717) is 0 Å². The molecule has 0 aliphatic rings. The summed E-state index contributed by atoms with van der Waals surface area (Å²) in [5.41, 5.74) is 0. The Hall–Kier alpha value is -0.110. The fourth-order valence-electron chi connectivity index (χ4n) is 2.01. The molecular weight excluding hydrogens is 201 g/mol. The van der Waals surface area contributed by atoms with Gasteiger partial charge < -0.3 is 10.0 Å². The first-order valence-corrected chi connectivity index (χ1v) is 7.19.